The molecule has 0 radical (unpaired) electrons. The number of nitro benzene ring substituents is 1. The molecule has 1 amide bonds. The molecular formula is C15H21FN2O3. The van der Waals surface area contributed by atoms with E-state index in [2.05, 4.69) is 5.32 Å². The van der Waals surface area contributed by atoms with Crippen molar-refractivity contribution in [2.75, 3.05) is 0 Å². The third-order valence-electron chi connectivity index (χ3n) is 2.82. The number of hydrogen-bond acceptors (Lipinski definition) is 3. The van der Waals surface area contributed by atoms with E-state index in [-0.39, 0.29) is 11.0 Å². The molecule has 21 heavy (non-hydrogen) atoms. The molecule has 0 aromatic heterocycles. The van der Waals surface area contributed by atoms with Gasteiger partial charge in [0, 0.05) is 11.6 Å². The van der Waals surface area contributed by atoms with Crippen molar-refractivity contribution in [3.8, 4) is 0 Å². The van der Waals surface area contributed by atoms with Gasteiger partial charge in [-0.15, -0.1) is 0 Å². The molecule has 0 saturated carbocycles. The average Bonchev–Trinajstić information content (AvgIpc) is 2.23. The van der Waals surface area contributed by atoms with E-state index in [0.717, 1.165) is 18.2 Å². The van der Waals surface area contributed by atoms with Crippen molar-refractivity contribution in [2.24, 2.45) is 5.41 Å². The number of hydrogen-bond donors (Lipinski definition) is 1. The number of rotatable bonds is 4. The van der Waals surface area contributed by atoms with Crippen LogP contribution >= 0.6 is 0 Å². The van der Waals surface area contributed by atoms with Crippen LogP contribution in [0.25, 0.3) is 0 Å². The lowest BCUT2D eigenvalue weighted by molar-refractivity contribution is -0.385. The quantitative estimate of drug-likeness (QED) is 0.680. The molecule has 0 aliphatic rings. The second kappa shape index (κ2) is 5.79. The Bertz CT molecular complexity index is 563. The summed E-state index contributed by atoms with van der Waals surface area (Å²) in [6, 6.07) is 2.86. The van der Waals surface area contributed by atoms with Crippen molar-refractivity contribution in [3.63, 3.8) is 0 Å². The summed E-state index contributed by atoms with van der Waals surface area (Å²) in [5.41, 5.74) is -1.25. The number of nitrogens with one attached hydrogen (secondary N) is 1. The number of benzene rings is 1. The van der Waals surface area contributed by atoms with Crippen molar-refractivity contribution in [1.29, 1.82) is 0 Å². The van der Waals surface area contributed by atoms with Crippen LogP contribution in [-0.2, 0) is 0 Å². The fraction of sp³-hybridized carbons (Fsp3) is 0.533. The van der Waals surface area contributed by atoms with Gasteiger partial charge in [-0.25, -0.2) is 4.39 Å². The summed E-state index contributed by atoms with van der Waals surface area (Å²) >= 11 is 0. The van der Waals surface area contributed by atoms with Gasteiger partial charge in [0.25, 0.3) is 11.6 Å². The zero-order chi connectivity index (χ0) is 16.4. The van der Waals surface area contributed by atoms with Crippen LogP contribution < -0.4 is 5.32 Å². The van der Waals surface area contributed by atoms with Gasteiger partial charge in [0.2, 0.25) is 0 Å². The molecule has 0 saturated heterocycles. The first kappa shape index (κ1) is 17.1. The normalized spacial score (nSPS) is 12.1. The van der Waals surface area contributed by atoms with Gasteiger partial charge in [-0.05, 0) is 37.8 Å². The molecule has 0 aliphatic carbocycles. The molecule has 6 heteroatoms. The van der Waals surface area contributed by atoms with Crippen molar-refractivity contribution in [1.82, 2.24) is 5.32 Å². The predicted octanol–water partition coefficient (Wildman–Crippen LogP) is 3.68. The van der Waals surface area contributed by atoms with E-state index in [9.17, 15) is 19.3 Å². The Hall–Kier alpha value is -1.98. The maximum absolute atomic E-state index is 13.3. The summed E-state index contributed by atoms with van der Waals surface area (Å²) in [5.74, 6) is -1.32. The second-order valence-corrected chi connectivity index (χ2v) is 6.99. The van der Waals surface area contributed by atoms with E-state index in [1.807, 2.05) is 34.6 Å². The van der Waals surface area contributed by atoms with E-state index < -0.39 is 27.9 Å². The molecule has 0 fully saturated rings. The highest BCUT2D eigenvalue weighted by molar-refractivity contribution is 5.98. The molecule has 0 bridgehead atoms. The number of amides is 1. The first-order chi connectivity index (χ1) is 9.41. The van der Waals surface area contributed by atoms with E-state index in [0.29, 0.717) is 6.42 Å². The smallest absolute Gasteiger partial charge is 0.282 e. The van der Waals surface area contributed by atoms with E-state index in [1.54, 1.807) is 0 Å². The summed E-state index contributed by atoms with van der Waals surface area (Å²) in [6.45, 7) is 9.77. The van der Waals surface area contributed by atoms with Gasteiger partial charge in [0.1, 0.15) is 11.4 Å². The third-order valence-corrected chi connectivity index (χ3v) is 2.82. The molecule has 5 nitrogen and oxygen atoms in total. The molecule has 1 aromatic rings. The van der Waals surface area contributed by atoms with Crippen molar-refractivity contribution in [3.05, 3.63) is 39.7 Å². The lowest BCUT2D eigenvalue weighted by Crippen LogP contribution is -2.46. The fourth-order valence-electron chi connectivity index (χ4n) is 2.59. The lowest BCUT2D eigenvalue weighted by Gasteiger charge is -2.33. The predicted molar refractivity (Wildman–Crippen MR) is 78.7 cm³/mol. The van der Waals surface area contributed by atoms with E-state index in [4.69, 9.17) is 0 Å². The minimum absolute atomic E-state index is 0.0232. The monoisotopic (exact) mass is 296 g/mol. The van der Waals surface area contributed by atoms with Gasteiger partial charge in [-0.3, -0.25) is 14.9 Å². The fourth-order valence-corrected chi connectivity index (χ4v) is 2.59. The minimum atomic E-state index is -0.689. The van der Waals surface area contributed by atoms with Gasteiger partial charge in [-0.1, -0.05) is 20.8 Å². The number of halogens is 1. The van der Waals surface area contributed by atoms with Crippen molar-refractivity contribution < 1.29 is 14.1 Å². The van der Waals surface area contributed by atoms with Gasteiger partial charge in [-0.2, -0.15) is 0 Å². The Morgan fingerprint density at radius 2 is 1.86 bits per heavy atom. The number of carbonyl (C=O) groups is 1. The Morgan fingerprint density at radius 3 is 2.33 bits per heavy atom. The standard InChI is InChI=1S/C15H21FN2O3/c1-14(2,3)9-15(4,5)17-13(19)11-8-10(16)6-7-12(11)18(20)21/h6-8H,9H2,1-5H3,(H,17,19). The number of carbonyl (C=O) groups excluding carboxylic acids is 1. The molecule has 0 atom stereocenters. The summed E-state index contributed by atoms with van der Waals surface area (Å²) in [5, 5.41) is 13.7. The summed E-state index contributed by atoms with van der Waals surface area (Å²) < 4.78 is 13.3. The molecule has 1 N–H and O–H groups in total. The van der Waals surface area contributed by atoms with Gasteiger partial charge >= 0.3 is 0 Å². The Balaban J connectivity index is 3.04. The Kier molecular flexibility index (Phi) is 4.71. The molecule has 0 unspecified atom stereocenters. The topological polar surface area (TPSA) is 72.2 Å². The highest BCUT2D eigenvalue weighted by Crippen LogP contribution is 2.28. The maximum atomic E-state index is 13.3. The first-order valence-electron chi connectivity index (χ1n) is 6.68. The Labute approximate surface area is 123 Å². The van der Waals surface area contributed by atoms with Crippen LogP contribution in [0.2, 0.25) is 0 Å². The van der Waals surface area contributed by atoms with Crippen LogP contribution in [0.1, 0.15) is 51.4 Å². The number of nitrogens with zero attached hydrogens (tertiary/aromatic N) is 1. The van der Waals surface area contributed by atoms with Crippen LogP contribution in [0.3, 0.4) is 0 Å². The molecule has 0 spiro atoms. The van der Waals surface area contributed by atoms with Gasteiger partial charge in [0.15, 0.2) is 0 Å². The van der Waals surface area contributed by atoms with E-state index >= 15 is 0 Å². The van der Waals surface area contributed by atoms with Crippen molar-refractivity contribution >= 4 is 11.6 Å². The first-order valence-corrected chi connectivity index (χ1v) is 6.68. The molecule has 1 aromatic carbocycles. The third kappa shape index (κ3) is 5.13. The van der Waals surface area contributed by atoms with Crippen LogP contribution in [0.5, 0.6) is 0 Å². The molecule has 0 aliphatic heterocycles. The maximum Gasteiger partial charge on any atom is 0.282 e. The van der Waals surface area contributed by atoms with Crippen LogP contribution in [0, 0.1) is 21.3 Å². The highest BCUT2D eigenvalue weighted by atomic mass is 19.1. The lowest BCUT2D eigenvalue weighted by atomic mass is 9.81. The van der Waals surface area contributed by atoms with Crippen LogP contribution in [0.4, 0.5) is 10.1 Å². The summed E-state index contributed by atoms with van der Waals surface area (Å²) in [7, 11) is 0. The van der Waals surface area contributed by atoms with Gasteiger partial charge < -0.3 is 5.32 Å². The molecule has 1 rings (SSSR count). The molecule has 0 heterocycles. The Morgan fingerprint density at radius 1 is 1.29 bits per heavy atom. The van der Waals surface area contributed by atoms with E-state index in [1.165, 1.54) is 0 Å². The SMILES string of the molecule is CC(C)(C)CC(C)(C)NC(=O)c1cc(F)ccc1[N+](=O)[O-]. The number of nitro groups is 1. The molecular weight excluding hydrogens is 275 g/mol. The van der Waals surface area contributed by atoms with Crippen LogP contribution in [-0.4, -0.2) is 16.4 Å². The average molecular weight is 296 g/mol. The highest BCUT2D eigenvalue weighted by Gasteiger charge is 2.30. The molecule has 116 valence electrons. The van der Waals surface area contributed by atoms with Crippen molar-refractivity contribution in [2.45, 2.75) is 46.6 Å². The zero-order valence-corrected chi connectivity index (χ0v) is 13.0. The van der Waals surface area contributed by atoms with Crippen LogP contribution in [0.15, 0.2) is 18.2 Å². The van der Waals surface area contributed by atoms with Gasteiger partial charge in [0.05, 0.1) is 4.92 Å². The second-order valence-electron chi connectivity index (χ2n) is 6.99. The largest absolute Gasteiger partial charge is 0.347 e. The zero-order valence-electron chi connectivity index (χ0n) is 13.0. The summed E-state index contributed by atoms with van der Waals surface area (Å²) in [4.78, 5) is 22.5. The summed E-state index contributed by atoms with van der Waals surface area (Å²) in [6.07, 6.45) is 0.675. The minimum Gasteiger partial charge on any atom is -0.347 e.